The van der Waals surface area contributed by atoms with Crippen LogP contribution in [0.15, 0.2) is 41.8 Å². The van der Waals surface area contributed by atoms with Crippen molar-refractivity contribution in [2.75, 3.05) is 25.6 Å². The summed E-state index contributed by atoms with van der Waals surface area (Å²) in [5, 5.41) is 4.78. The lowest BCUT2D eigenvalue weighted by Crippen LogP contribution is -2.54. The molecule has 0 radical (unpaired) electrons. The Morgan fingerprint density at radius 1 is 1.38 bits per heavy atom. The van der Waals surface area contributed by atoms with Crippen LogP contribution in [0.2, 0.25) is 0 Å². The topological polar surface area (TPSA) is 67.9 Å². The fraction of sp³-hybridized carbons (Fsp3) is 0.294. The van der Waals surface area contributed by atoms with E-state index in [1.165, 1.54) is 0 Å². The molecule has 0 saturated carbocycles. The van der Waals surface area contributed by atoms with Gasteiger partial charge in [0, 0.05) is 4.88 Å². The van der Waals surface area contributed by atoms with Gasteiger partial charge in [0.2, 0.25) is 11.8 Å². The zero-order chi connectivity index (χ0) is 16.9. The Hall–Kier alpha value is -2.38. The Labute approximate surface area is 144 Å². The van der Waals surface area contributed by atoms with Crippen molar-refractivity contribution in [1.29, 1.82) is 0 Å². The lowest BCUT2D eigenvalue weighted by molar-refractivity contribution is -0.153. The highest BCUT2D eigenvalue weighted by Gasteiger charge is 2.34. The van der Waals surface area contributed by atoms with Crippen LogP contribution in [-0.2, 0) is 20.9 Å². The first-order valence-corrected chi connectivity index (χ1v) is 8.40. The number of para-hydroxylation sites is 2. The monoisotopic (exact) mass is 346 g/mol. The van der Waals surface area contributed by atoms with E-state index in [0.717, 1.165) is 4.88 Å². The summed E-state index contributed by atoms with van der Waals surface area (Å²) in [6.45, 7) is 0.589. The highest BCUT2D eigenvalue weighted by atomic mass is 32.1. The summed E-state index contributed by atoms with van der Waals surface area (Å²) >= 11 is 1.56. The fourth-order valence-electron chi connectivity index (χ4n) is 2.55. The molecule has 6 nitrogen and oxygen atoms in total. The standard InChI is InChI=1S/C17H18N2O4S/c1-22-15-7-3-2-6-13(15)18-17(21)14-10-23-11-16(20)19(14)9-12-5-4-8-24-12/h2-8,14H,9-11H2,1H3,(H,18,21). The van der Waals surface area contributed by atoms with Crippen LogP contribution in [0.1, 0.15) is 4.88 Å². The van der Waals surface area contributed by atoms with E-state index in [1.54, 1.807) is 35.5 Å². The van der Waals surface area contributed by atoms with Crippen molar-refractivity contribution >= 4 is 28.8 Å². The van der Waals surface area contributed by atoms with E-state index in [2.05, 4.69) is 5.32 Å². The summed E-state index contributed by atoms with van der Waals surface area (Å²) in [5.74, 6) is 0.0950. The molecule has 0 aliphatic carbocycles. The van der Waals surface area contributed by atoms with Crippen molar-refractivity contribution in [3.8, 4) is 5.75 Å². The average molecular weight is 346 g/mol. The van der Waals surface area contributed by atoms with Crippen LogP contribution >= 0.6 is 11.3 Å². The molecule has 1 atom stereocenters. The van der Waals surface area contributed by atoms with Crippen molar-refractivity contribution < 1.29 is 19.1 Å². The van der Waals surface area contributed by atoms with E-state index in [9.17, 15) is 9.59 Å². The van der Waals surface area contributed by atoms with Crippen LogP contribution in [0.25, 0.3) is 0 Å². The number of methoxy groups -OCH3 is 1. The quantitative estimate of drug-likeness (QED) is 0.900. The zero-order valence-corrected chi connectivity index (χ0v) is 14.0. The fourth-order valence-corrected chi connectivity index (χ4v) is 3.26. The van der Waals surface area contributed by atoms with Crippen LogP contribution < -0.4 is 10.1 Å². The normalized spacial score (nSPS) is 17.6. The lowest BCUT2D eigenvalue weighted by Gasteiger charge is -2.34. The van der Waals surface area contributed by atoms with Gasteiger partial charge in [0.25, 0.3) is 0 Å². The molecule has 7 heteroatoms. The third-order valence-corrected chi connectivity index (χ3v) is 4.63. The Bertz CT molecular complexity index is 717. The first-order chi connectivity index (χ1) is 11.7. The van der Waals surface area contributed by atoms with E-state index in [-0.39, 0.29) is 25.0 Å². The van der Waals surface area contributed by atoms with Gasteiger partial charge in [0.1, 0.15) is 18.4 Å². The minimum Gasteiger partial charge on any atom is -0.495 e. The number of benzene rings is 1. The van der Waals surface area contributed by atoms with E-state index in [1.807, 2.05) is 29.6 Å². The molecule has 3 rings (SSSR count). The van der Waals surface area contributed by atoms with Gasteiger partial charge in [-0.25, -0.2) is 0 Å². The van der Waals surface area contributed by atoms with Crippen LogP contribution in [0.4, 0.5) is 5.69 Å². The van der Waals surface area contributed by atoms with Gasteiger partial charge in [-0.1, -0.05) is 18.2 Å². The molecule has 1 aliphatic heterocycles. The van der Waals surface area contributed by atoms with Crippen molar-refractivity contribution in [3.05, 3.63) is 46.7 Å². The molecule has 1 aliphatic rings. The first kappa shape index (κ1) is 16.5. The van der Waals surface area contributed by atoms with E-state index in [4.69, 9.17) is 9.47 Å². The maximum Gasteiger partial charge on any atom is 0.249 e. The van der Waals surface area contributed by atoms with E-state index < -0.39 is 6.04 Å². The Morgan fingerprint density at radius 2 is 2.21 bits per heavy atom. The van der Waals surface area contributed by atoms with Gasteiger partial charge in [-0.2, -0.15) is 0 Å². The van der Waals surface area contributed by atoms with Crippen molar-refractivity contribution in [2.24, 2.45) is 0 Å². The van der Waals surface area contributed by atoms with Crippen molar-refractivity contribution in [3.63, 3.8) is 0 Å². The minimum atomic E-state index is -0.668. The lowest BCUT2D eigenvalue weighted by atomic mass is 10.2. The second-order valence-electron chi connectivity index (χ2n) is 5.32. The number of amides is 2. The molecule has 2 amide bonds. The average Bonchev–Trinajstić information content (AvgIpc) is 3.10. The molecular formula is C17H18N2O4S. The molecule has 1 aromatic carbocycles. The molecule has 1 aromatic heterocycles. The SMILES string of the molecule is COc1ccccc1NC(=O)C1COCC(=O)N1Cc1cccs1. The second-order valence-corrected chi connectivity index (χ2v) is 6.35. The minimum absolute atomic E-state index is 0.00378. The number of rotatable bonds is 5. The highest BCUT2D eigenvalue weighted by molar-refractivity contribution is 7.09. The molecule has 24 heavy (non-hydrogen) atoms. The third kappa shape index (κ3) is 3.58. The number of nitrogens with one attached hydrogen (secondary N) is 1. The van der Waals surface area contributed by atoms with Crippen LogP contribution in [0.3, 0.4) is 0 Å². The largest absolute Gasteiger partial charge is 0.495 e. The number of hydrogen-bond donors (Lipinski definition) is 1. The van der Waals surface area contributed by atoms with Crippen LogP contribution in [-0.4, -0.2) is 43.1 Å². The van der Waals surface area contributed by atoms with Crippen molar-refractivity contribution in [1.82, 2.24) is 4.90 Å². The molecule has 1 fully saturated rings. The van der Waals surface area contributed by atoms with Gasteiger partial charge in [0.15, 0.2) is 0 Å². The first-order valence-electron chi connectivity index (χ1n) is 7.52. The summed E-state index contributed by atoms with van der Waals surface area (Å²) in [4.78, 5) is 27.5. The highest BCUT2D eigenvalue weighted by Crippen LogP contribution is 2.24. The van der Waals surface area contributed by atoms with E-state index >= 15 is 0 Å². The zero-order valence-electron chi connectivity index (χ0n) is 13.2. The molecule has 0 spiro atoms. The number of carbonyl (C=O) groups is 2. The van der Waals surface area contributed by atoms with Gasteiger partial charge < -0.3 is 19.7 Å². The molecule has 0 bridgehead atoms. The number of morpholine rings is 1. The van der Waals surface area contributed by atoms with Gasteiger partial charge in [0.05, 0.1) is 25.9 Å². The van der Waals surface area contributed by atoms with Gasteiger partial charge in [-0.15, -0.1) is 11.3 Å². The maximum atomic E-state index is 12.7. The Kier molecular flexibility index (Phi) is 5.12. The van der Waals surface area contributed by atoms with E-state index in [0.29, 0.717) is 18.0 Å². The maximum absolute atomic E-state index is 12.7. The smallest absolute Gasteiger partial charge is 0.249 e. The summed E-state index contributed by atoms with van der Waals surface area (Å²) in [7, 11) is 1.54. The van der Waals surface area contributed by atoms with Gasteiger partial charge in [-0.05, 0) is 23.6 Å². The van der Waals surface area contributed by atoms with Crippen molar-refractivity contribution in [2.45, 2.75) is 12.6 Å². The third-order valence-electron chi connectivity index (χ3n) is 3.77. The van der Waals surface area contributed by atoms with Gasteiger partial charge >= 0.3 is 0 Å². The van der Waals surface area contributed by atoms with Crippen LogP contribution in [0, 0.1) is 0 Å². The molecule has 1 saturated heterocycles. The molecule has 1 N–H and O–H groups in total. The predicted molar refractivity (Wildman–Crippen MR) is 91.1 cm³/mol. The molecule has 2 heterocycles. The summed E-state index contributed by atoms with van der Waals surface area (Å²) in [6, 6.07) is 10.4. The number of ether oxygens (including phenoxy) is 2. The predicted octanol–water partition coefficient (Wildman–Crippen LogP) is 2.12. The Balaban J connectivity index is 1.76. The molecular weight excluding hydrogens is 328 g/mol. The molecule has 126 valence electrons. The number of nitrogens with zero attached hydrogens (tertiary/aromatic N) is 1. The Morgan fingerprint density at radius 3 is 2.96 bits per heavy atom. The summed E-state index contributed by atoms with van der Waals surface area (Å²) < 4.78 is 10.5. The summed E-state index contributed by atoms with van der Waals surface area (Å²) in [5.41, 5.74) is 0.569. The molecule has 2 aromatic rings. The number of anilines is 1. The number of carbonyl (C=O) groups excluding carboxylic acids is 2. The second kappa shape index (κ2) is 7.46. The van der Waals surface area contributed by atoms with Gasteiger partial charge in [-0.3, -0.25) is 9.59 Å². The number of hydrogen-bond acceptors (Lipinski definition) is 5. The number of thiophene rings is 1. The van der Waals surface area contributed by atoms with Crippen LogP contribution in [0.5, 0.6) is 5.75 Å². The molecule has 1 unspecified atom stereocenters. The summed E-state index contributed by atoms with van der Waals surface area (Å²) in [6.07, 6.45) is 0.